The van der Waals surface area contributed by atoms with E-state index in [0.717, 1.165) is 44.8 Å². The topological polar surface area (TPSA) is 67.6 Å². The van der Waals surface area contributed by atoms with Crippen LogP contribution in [-0.2, 0) is 22.6 Å². The van der Waals surface area contributed by atoms with Crippen molar-refractivity contribution in [3.8, 4) is 0 Å². The minimum Gasteiger partial charge on any atom is -0.379 e. The first-order chi connectivity index (χ1) is 11.0. The van der Waals surface area contributed by atoms with Gasteiger partial charge in [-0.3, -0.25) is 9.69 Å². The van der Waals surface area contributed by atoms with Crippen molar-refractivity contribution in [2.45, 2.75) is 45.3 Å². The second kappa shape index (κ2) is 9.99. The van der Waals surface area contributed by atoms with Gasteiger partial charge in [0.25, 0.3) is 0 Å². The molecule has 1 heterocycles. The molecular weight excluding hydrogens is 326 g/mol. The predicted molar refractivity (Wildman–Crippen MR) is 99.1 cm³/mol. The number of ether oxygens (including phenoxy) is 1. The maximum absolute atomic E-state index is 12.2. The first-order valence-corrected chi connectivity index (χ1v) is 8.46. The maximum Gasteiger partial charge on any atom is 0.240 e. The fourth-order valence-corrected chi connectivity index (χ4v) is 2.87. The number of hydrogen-bond donors (Lipinski definition) is 2. The summed E-state index contributed by atoms with van der Waals surface area (Å²) in [7, 11) is 0. The van der Waals surface area contributed by atoms with Gasteiger partial charge in [-0.2, -0.15) is 0 Å². The zero-order valence-electron chi connectivity index (χ0n) is 14.7. The van der Waals surface area contributed by atoms with E-state index in [1.165, 1.54) is 5.56 Å². The first-order valence-electron chi connectivity index (χ1n) is 8.46. The minimum atomic E-state index is -0.792. The van der Waals surface area contributed by atoms with E-state index in [0.29, 0.717) is 13.0 Å². The normalized spacial score (nSPS) is 17.6. The molecule has 0 spiro atoms. The predicted octanol–water partition coefficient (Wildman–Crippen LogP) is 2.07. The third kappa shape index (κ3) is 6.40. The van der Waals surface area contributed by atoms with Crippen LogP contribution in [0.4, 0.5) is 0 Å². The minimum absolute atomic E-state index is 0. The van der Waals surface area contributed by atoms with Crippen molar-refractivity contribution < 1.29 is 9.53 Å². The molecule has 0 aliphatic carbocycles. The highest BCUT2D eigenvalue weighted by atomic mass is 35.5. The van der Waals surface area contributed by atoms with Gasteiger partial charge in [0.2, 0.25) is 5.91 Å². The number of benzene rings is 1. The highest BCUT2D eigenvalue weighted by molar-refractivity contribution is 5.85. The van der Waals surface area contributed by atoms with Crippen LogP contribution in [-0.4, -0.2) is 42.6 Å². The molecule has 5 nitrogen and oxygen atoms in total. The maximum atomic E-state index is 12.2. The van der Waals surface area contributed by atoms with Crippen molar-refractivity contribution in [1.29, 1.82) is 0 Å². The number of halogens is 1. The van der Waals surface area contributed by atoms with Crippen molar-refractivity contribution in [3.63, 3.8) is 0 Å². The average Bonchev–Trinajstić information content (AvgIpc) is 2.54. The number of nitrogens with zero attached hydrogens (tertiary/aromatic N) is 1. The van der Waals surface area contributed by atoms with Gasteiger partial charge in [0, 0.05) is 26.2 Å². The summed E-state index contributed by atoms with van der Waals surface area (Å²) in [6.45, 7) is 8.84. The summed E-state index contributed by atoms with van der Waals surface area (Å²) in [6.07, 6.45) is 1.59. The number of nitrogens with one attached hydrogen (secondary N) is 1. The number of carbonyl (C=O) groups excluding carboxylic acids is 1. The summed E-state index contributed by atoms with van der Waals surface area (Å²) in [6, 6.07) is 8.37. The molecule has 0 saturated carbocycles. The second-order valence-electron chi connectivity index (χ2n) is 6.56. The molecule has 1 saturated heterocycles. The highest BCUT2D eigenvalue weighted by Gasteiger charge is 2.26. The Hall–Kier alpha value is -1.14. The molecule has 1 aromatic rings. The third-order valence-electron chi connectivity index (χ3n) is 4.24. The molecular formula is C18H30ClN3O2. The van der Waals surface area contributed by atoms with Crippen molar-refractivity contribution in [2.75, 3.05) is 26.3 Å². The van der Waals surface area contributed by atoms with E-state index in [1.54, 1.807) is 6.92 Å². The molecule has 2 rings (SSSR count). The van der Waals surface area contributed by atoms with Crippen LogP contribution in [0.3, 0.4) is 0 Å². The lowest BCUT2D eigenvalue weighted by molar-refractivity contribution is -0.126. The molecule has 3 N–H and O–H groups in total. The Bertz CT molecular complexity index is 517. The Balaban J connectivity index is 0.00000288. The number of carbonyl (C=O) groups is 1. The lowest BCUT2D eigenvalue weighted by atomic mass is 9.96. The SMILES string of the molecule is CCCC(C)(N)C(=O)NCc1cccc(CN2CCOCC2)c1.Cl. The van der Waals surface area contributed by atoms with Gasteiger partial charge in [-0.15, -0.1) is 12.4 Å². The van der Waals surface area contributed by atoms with Gasteiger partial charge in [-0.25, -0.2) is 0 Å². The van der Waals surface area contributed by atoms with Gasteiger partial charge in [0.1, 0.15) is 0 Å². The van der Waals surface area contributed by atoms with Gasteiger partial charge in [0.15, 0.2) is 0 Å². The van der Waals surface area contributed by atoms with Crippen LogP contribution in [0.5, 0.6) is 0 Å². The van der Waals surface area contributed by atoms with E-state index < -0.39 is 5.54 Å². The molecule has 1 unspecified atom stereocenters. The van der Waals surface area contributed by atoms with Crippen LogP contribution in [0.2, 0.25) is 0 Å². The molecule has 136 valence electrons. The number of amides is 1. The van der Waals surface area contributed by atoms with Crippen LogP contribution in [0.1, 0.15) is 37.8 Å². The van der Waals surface area contributed by atoms with Crippen molar-refractivity contribution in [3.05, 3.63) is 35.4 Å². The molecule has 1 aromatic carbocycles. The van der Waals surface area contributed by atoms with Gasteiger partial charge in [0.05, 0.1) is 18.8 Å². The Morgan fingerprint density at radius 3 is 2.67 bits per heavy atom. The van der Waals surface area contributed by atoms with Crippen molar-refractivity contribution in [1.82, 2.24) is 10.2 Å². The number of nitrogens with two attached hydrogens (primary N) is 1. The average molecular weight is 356 g/mol. The number of morpholine rings is 1. The van der Waals surface area contributed by atoms with E-state index in [-0.39, 0.29) is 18.3 Å². The van der Waals surface area contributed by atoms with Crippen LogP contribution < -0.4 is 11.1 Å². The summed E-state index contributed by atoms with van der Waals surface area (Å²) in [5, 5.41) is 2.96. The molecule has 24 heavy (non-hydrogen) atoms. The van der Waals surface area contributed by atoms with E-state index in [9.17, 15) is 4.79 Å². The van der Waals surface area contributed by atoms with Gasteiger partial charge in [-0.1, -0.05) is 37.6 Å². The van der Waals surface area contributed by atoms with Crippen molar-refractivity contribution >= 4 is 18.3 Å². The van der Waals surface area contributed by atoms with Gasteiger partial charge < -0.3 is 15.8 Å². The Morgan fingerprint density at radius 2 is 2.00 bits per heavy atom. The summed E-state index contributed by atoms with van der Waals surface area (Å²) in [5.41, 5.74) is 7.64. The summed E-state index contributed by atoms with van der Waals surface area (Å²) >= 11 is 0. The van der Waals surface area contributed by atoms with E-state index in [1.807, 2.05) is 19.1 Å². The Labute approximate surface area is 151 Å². The molecule has 0 bridgehead atoms. The zero-order chi connectivity index (χ0) is 16.7. The fourth-order valence-electron chi connectivity index (χ4n) is 2.87. The highest BCUT2D eigenvalue weighted by Crippen LogP contribution is 2.12. The molecule has 1 atom stereocenters. The fraction of sp³-hybridized carbons (Fsp3) is 0.611. The molecule has 0 radical (unpaired) electrons. The van der Waals surface area contributed by atoms with Crippen LogP contribution >= 0.6 is 12.4 Å². The Morgan fingerprint density at radius 1 is 1.33 bits per heavy atom. The summed E-state index contributed by atoms with van der Waals surface area (Å²) in [4.78, 5) is 14.6. The van der Waals surface area contributed by atoms with Crippen molar-refractivity contribution in [2.24, 2.45) is 5.73 Å². The largest absolute Gasteiger partial charge is 0.379 e. The standard InChI is InChI=1S/C18H29N3O2.ClH/c1-3-7-18(2,19)17(22)20-13-15-5-4-6-16(12-15)14-21-8-10-23-11-9-21;/h4-6,12H,3,7-11,13-14,19H2,1-2H3,(H,20,22);1H. The molecule has 1 aliphatic heterocycles. The zero-order valence-corrected chi connectivity index (χ0v) is 15.5. The van der Waals surface area contributed by atoms with E-state index in [4.69, 9.17) is 10.5 Å². The lowest BCUT2D eigenvalue weighted by Crippen LogP contribution is -2.51. The molecule has 1 fully saturated rings. The molecule has 1 amide bonds. The third-order valence-corrected chi connectivity index (χ3v) is 4.24. The number of rotatable bonds is 7. The number of hydrogen-bond acceptors (Lipinski definition) is 4. The van der Waals surface area contributed by atoms with E-state index in [2.05, 4.69) is 22.3 Å². The van der Waals surface area contributed by atoms with Crippen LogP contribution in [0.15, 0.2) is 24.3 Å². The van der Waals surface area contributed by atoms with Gasteiger partial charge in [-0.05, 0) is 24.5 Å². The smallest absolute Gasteiger partial charge is 0.240 e. The molecule has 6 heteroatoms. The quantitative estimate of drug-likeness (QED) is 0.785. The lowest BCUT2D eigenvalue weighted by Gasteiger charge is -2.26. The summed E-state index contributed by atoms with van der Waals surface area (Å²) in [5.74, 6) is -0.0852. The van der Waals surface area contributed by atoms with E-state index >= 15 is 0 Å². The molecule has 0 aromatic heterocycles. The summed E-state index contributed by atoms with van der Waals surface area (Å²) < 4.78 is 5.38. The molecule has 1 aliphatic rings. The first kappa shape index (κ1) is 20.9. The second-order valence-corrected chi connectivity index (χ2v) is 6.56. The van der Waals surface area contributed by atoms with Gasteiger partial charge >= 0.3 is 0 Å². The monoisotopic (exact) mass is 355 g/mol. The Kier molecular flexibility index (Phi) is 8.70. The van der Waals surface area contributed by atoms with Crippen LogP contribution in [0, 0.1) is 0 Å². The van der Waals surface area contributed by atoms with Crippen LogP contribution in [0.25, 0.3) is 0 Å².